The Morgan fingerprint density at radius 3 is 2.36 bits per heavy atom. The lowest BCUT2D eigenvalue weighted by molar-refractivity contribution is -0.128. The summed E-state index contributed by atoms with van der Waals surface area (Å²) in [5.41, 5.74) is 18.5. The molecule has 0 fully saturated rings. The van der Waals surface area contributed by atoms with Gasteiger partial charge in [-0.3, -0.25) is 24.0 Å². The van der Waals surface area contributed by atoms with E-state index in [9.17, 15) is 24.0 Å². The number of carbonyl (C=O) groups is 5. The van der Waals surface area contributed by atoms with Crippen molar-refractivity contribution in [3.05, 3.63) is 111 Å². The van der Waals surface area contributed by atoms with Crippen LogP contribution in [0.5, 0.6) is 0 Å². The molecule has 0 saturated heterocycles. The van der Waals surface area contributed by atoms with Crippen molar-refractivity contribution < 1.29 is 24.0 Å². The molecule has 0 aliphatic carbocycles. The number of aromatic nitrogens is 2. The number of benzene rings is 3. The molecule has 290 valence electrons. The Hall–Kier alpha value is -6.39. The highest BCUT2D eigenvalue weighted by Gasteiger charge is 2.27. The van der Waals surface area contributed by atoms with Crippen LogP contribution in [0.2, 0.25) is 0 Å². The van der Waals surface area contributed by atoms with Gasteiger partial charge in [-0.1, -0.05) is 61.7 Å². The van der Waals surface area contributed by atoms with Crippen molar-refractivity contribution in [2.75, 3.05) is 18.4 Å². The van der Waals surface area contributed by atoms with Crippen LogP contribution in [0.4, 0.5) is 5.69 Å². The van der Waals surface area contributed by atoms with Crippen LogP contribution in [0.25, 0.3) is 11.1 Å². The summed E-state index contributed by atoms with van der Waals surface area (Å²) in [4.78, 5) is 74.3. The van der Waals surface area contributed by atoms with Crippen LogP contribution in [0.3, 0.4) is 0 Å². The summed E-state index contributed by atoms with van der Waals surface area (Å²) >= 11 is 0. The molecule has 8 N–H and O–H groups in total. The molecule has 0 spiro atoms. The largest absolute Gasteiger partial charge is 0.368 e. The third-order valence-corrected chi connectivity index (χ3v) is 9.48. The number of rotatable bonds is 10. The van der Waals surface area contributed by atoms with Crippen LogP contribution in [0, 0.1) is 32.6 Å². The lowest BCUT2D eigenvalue weighted by Crippen LogP contribution is -2.49. The van der Waals surface area contributed by atoms with E-state index in [1.165, 1.54) is 5.56 Å². The van der Waals surface area contributed by atoms with E-state index in [1.807, 2.05) is 30.3 Å². The Labute approximate surface area is 326 Å². The molecule has 2 heterocycles. The van der Waals surface area contributed by atoms with Crippen molar-refractivity contribution in [1.29, 1.82) is 0 Å². The van der Waals surface area contributed by atoms with Gasteiger partial charge in [0.15, 0.2) is 0 Å². The summed E-state index contributed by atoms with van der Waals surface area (Å²) < 4.78 is 0. The van der Waals surface area contributed by atoms with Crippen molar-refractivity contribution in [1.82, 2.24) is 25.9 Å². The van der Waals surface area contributed by atoms with E-state index in [2.05, 4.69) is 62.1 Å². The topological polar surface area (TPSA) is 211 Å². The molecule has 13 nitrogen and oxygen atoms in total. The fraction of sp³-hybridized carbons (Fsp3) is 0.326. The summed E-state index contributed by atoms with van der Waals surface area (Å²) in [5.74, 6) is 3.66. The minimum Gasteiger partial charge on any atom is -0.368 e. The van der Waals surface area contributed by atoms with Gasteiger partial charge in [0.05, 0.1) is 35.6 Å². The van der Waals surface area contributed by atoms with E-state index in [1.54, 1.807) is 39.0 Å². The van der Waals surface area contributed by atoms with Crippen molar-refractivity contribution in [2.45, 2.75) is 78.3 Å². The first-order valence-electron chi connectivity index (χ1n) is 18.7. The van der Waals surface area contributed by atoms with Crippen molar-refractivity contribution in [2.24, 2.45) is 11.5 Å². The highest BCUT2D eigenvalue weighted by molar-refractivity contribution is 6.04. The van der Waals surface area contributed by atoms with Crippen LogP contribution in [0.1, 0.15) is 81.6 Å². The average molecular weight is 757 g/mol. The van der Waals surface area contributed by atoms with Gasteiger partial charge in [-0.05, 0) is 98.5 Å². The molecule has 13 heteroatoms. The summed E-state index contributed by atoms with van der Waals surface area (Å²) in [5, 5.41) is 11.0. The van der Waals surface area contributed by atoms with E-state index < -0.39 is 35.7 Å². The summed E-state index contributed by atoms with van der Waals surface area (Å²) in [6.45, 7) is 7.16. The number of carbonyl (C=O) groups excluding carboxylic acids is 5. The van der Waals surface area contributed by atoms with E-state index in [4.69, 9.17) is 11.5 Å². The second kappa shape index (κ2) is 18.8. The smallest absolute Gasteiger partial charge is 0.255 e. The summed E-state index contributed by atoms with van der Waals surface area (Å²) in [7, 11) is 0. The molecule has 56 heavy (non-hydrogen) atoms. The van der Waals surface area contributed by atoms with Crippen LogP contribution in [0.15, 0.2) is 60.7 Å². The van der Waals surface area contributed by atoms with Crippen molar-refractivity contribution >= 4 is 35.2 Å². The molecule has 4 bridgehead atoms. The summed E-state index contributed by atoms with van der Waals surface area (Å²) in [6.07, 6.45) is 3.49. The lowest BCUT2D eigenvalue weighted by Gasteiger charge is -2.23. The molecule has 0 radical (unpaired) electrons. The molecule has 2 atom stereocenters. The number of amides is 5. The number of aryl methyl sites for hydroxylation is 4. The maximum atomic E-state index is 14.0. The van der Waals surface area contributed by atoms with Gasteiger partial charge in [0.25, 0.3) is 5.91 Å². The zero-order chi connectivity index (χ0) is 40.4. The molecule has 0 saturated carbocycles. The Bertz CT molecular complexity index is 2180. The fourth-order valence-electron chi connectivity index (χ4n) is 6.59. The predicted molar refractivity (Wildman–Crippen MR) is 214 cm³/mol. The molecular formula is C43H48N8O5. The Balaban J connectivity index is 1.40. The highest BCUT2D eigenvalue weighted by Crippen LogP contribution is 2.34. The molecular weight excluding hydrogens is 709 g/mol. The van der Waals surface area contributed by atoms with Crippen LogP contribution in [-0.4, -0.2) is 64.7 Å². The number of hydrogen-bond acceptors (Lipinski definition) is 8. The first-order valence-corrected chi connectivity index (χ1v) is 18.7. The van der Waals surface area contributed by atoms with Gasteiger partial charge in [-0.15, -0.1) is 0 Å². The number of anilines is 1. The minimum atomic E-state index is -1.05. The third kappa shape index (κ3) is 10.6. The number of nitrogens with zero attached hydrogens (tertiary/aromatic N) is 2. The Kier molecular flexibility index (Phi) is 13.7. The molecule has 1 aliphatic rings. The van der Waals surface area contributed by atoms with Gasteiger partial charge in [0, 0.05) is 17.5 Å². The van der Waals surface area contributed by atoms with Crippen LogP contribution in [-0.2, 0) is 38.4 Å². The zero-order valence-electron chi connectivity index (χ0n) is 32.2. The molecule has 5 rings (SSSR count). The standard InChI is InChI=1S/C43H48N8O5/c1-5-6-8-28-11-13-29(14-12-28)15-16-36-47-26(3)39(27(4)48-36)43(56)50-34(17-18-44)42(55)51-40-25(2)19-31-21-33(40)32-10-7-9-30(20-32)23-37(52)46-24-38(53)49-35(22-31)41(45)54/h7,9-14,19-21,34-35H,5-6,8,17-18,22-24,44H2,1-4H3,(H2,45,54)(H,46,52)(H,49,53)(H,50,56)(H,51,55)/t34-,35?/m0/s1. The van der Waals surface area contributed by atoms with Crippen molar-refractivity contribution in [3.63, 3.8) is 0 Å². The number of fused-ring (bicyclic) bond motifs is 5. The van der Waals surface area contributed by atoms with E-state index >= 15 is 0 Å². The fourth-order valence-corrected chi connectivity index (χ4v) is 6.59. The highest BCUT2D eigenvalue weighted by atomic mass is 16.2. The minimum absolute atomic E-state index is 0.00553. The number of hydrogen-bond donors (Lipinski definition) is 6. The van der Waals surface area contributed by atoms with E-state index in [-0.39, 0.29) is 49.6 Å². The maximum Gasteiger partial charge on any atom is 0.255 e. The maximum absolute atomic E-state index is 14.0. The van der Waals surface area contributed by atoms with E-state index in [0.717, 1.165) is 24.8 Å². The van der Waals surface area contributed by atoms with Gasteiger partial charge in [0.1, 0.15) is 12.1 Å². The van der Waals surface area contributed by atoms with Crippen LogP contribution < -0.4 is 32.7 Å². The lowest BCUT2D eigenvalue weighted by atomic mass is 9.93. The number of primary amides is 1. The predicted octanol–water partition coefficient (Wildman–Crippen LogP) is 3.08. The van der Waals surface area contributed by atoms with Gasteiger partial charge in [0.2, 0.25) is 29.5 Å². The van der Waals surface area contributed by atoms with Gasteiger partial charge >= 0.3 is 0 Å². The second-order valence-electron chi connectivity index (χ2n) is 14.0. The number of unbranched alkanes of at least 4 members (excludes halogenated alkanes) is 1. The van der Waals surface area contributed by atoms with E-state index in [0.29, 0.717) is 44.9 Å². The molecule has 3 aromatic carbocycles. The number of nitrogens with one attached hydrogen (secondary N) is 4. The quantitative estimate of drug-likeness (QED) is 0.132. The average Bonchev–Trinajstić information content (AvgIpc) is 3.15. The zero-order valence-corrected chi connectivity index (χ0v) is 32.2. The number of nitrogens with two attached hydrogens (primary N) is 2. The monoisotopic (exact) mass is 756 g/mol. The third-order valence-electron chi connectivity index (χ3n) is 9.48. The second-order valence-corrected chi connectivity index (χ2v) is 14.0. The van der Waals surface area contributed by atoms with Crippen LogP contribution >= 0.6 is 0 Å². The molecule has 5 amide bonds. The molecule has 1 aliphatic heterocycles. The first-order chi connectivity index (χ1) is 26.8. The van der Waals surface area contributed by atoms with Gasteiger partial charge < -0.3 is 32.7 Å². The molecule has 1 aromatic heterocycles. The Morgan fingerprint density at radius 2 is 1.68 bits per heavy atom. The van der Waals surface area contributed by atoms with Gasteiger partial charge in [-0.2, -0.15) is 0 Å². The SMILES string of the molecule is CCCCc1ccc(C#Cc2nc(C)c(C(=O)N[C@@H](CCN)C(=O)Nc3c(C)cc4cc3-c3cccc(c3)CC(=O)NCC(=O)NC(C(N)=O)C4)c(C)n2)cc1. The van der Waals surface area contributed by atoms with Gasteiger partial charge in [-0.25, -0.2) is 9.97 Å². The molecule has 1 unspecified atom stereocenters. The Morgan fingerprint density at radius 1 is 0.946 bits per heavy atom. The normalized spacial score (nSPS) is 14.6. The molecule has 4 aromatic rings. The van der Waals surface area contributed by atoms with Crippen molar-refractivity contribution in [3.8, 4) is 23.0 Å². The summed E-state index contributed by atoms with van der Waals surface area (Å²) in [6, 6.07) is 16.9. The first kappa shape index (κ1) is 40.8.